The molecule has 0 radical (unpaired) electrons. The number of ether oxygens (including phenoxy) is 1. The van der Waals surface area contributed by atoms with Crippen LogP contribution in [0.15, 0.2) is 59.4 Å². The Bertz CT molecular complexity index is 1070. The van der Waals surface area contributed by atoms with Crippen molar-refractivity contribution in [2.45, 2.75) is 57.7 Å². The Morgan fingerprint density at radius 3 is 2.83 bits per heavy atom. The number of hydrogen-bond donors (Lipinski definition) is 2. The number of rotatable bonds is 4. The van der Waals surface area contributed by atoms with E-state index in [4.69, 9.17) is 4.74 Å². The normalized spacial score (nSPS) is 25.7. The number of pyridine rings is 1. The molecule has 1 aromatic heterocycles. The first-order valence-electron chi connectivity index (χ1n) is 10.4. The van der Waals surface area contributed by atoms with Crippen LogP contribution in [0, 0.1) is 5.92 Å². The van der Waals surface area contributed by atoms with Gasteiger partial charge in [0.2, 0.25) is 5.56 Å². The number of benzene rings is 2. The maximum absolute atomic E-state index is 11.5. The molecule has 29 heavy (non-hydrogen) atoms. The highest BCUT2D eigenvalue weighted by Gasteiger charge is 2.35. The summed E-state index contributed by atoms with van der Waals surface area (Å²) in [5.41, 5.74) is 2.44. The van der Waals surface area contributed by atoms with Crippen molar-refractivity contribution in [3.63, 3.8) is 0 Å². The second kappa shape index (κ2) is 7.68. The van der Waals surface area contributed by atoms with Gasteiger partial charge in [-0.1, -0.05) is 25.1 Å². The number of hydrogen-bond acceptors (Lipinski definition) is 3. The van der Waals surface area contributed by atoms with E-state index in [0.717, 1.165) is 41.5 Å². The fourth-order valence-corrected chi connectivity index (χ4v) is 4.48. The Balaban J connectivity index is 1.54. The van der Waals surface area contributed by atoms with Gasteiger partial charge in [0.05, 0.1) is 5.60 Å². The van der Waals surface area contributed by atoms with Crippen molar-refractivity contribution in [3.8, 4) is 5.75 Å². The van der Waals surface area contributed by atoms with Crippen LogP contribution >= 0.6 is 0 Å². The van der Waals surface area contributed by atoms with Crippen molar-refractivity contribution >= 4 is 10.9 Å². The molecular formula is C25H29NO3. The van der Waals surface area contributed by atoms with Crippen LogP contribution in [0.1, 0.15) is 63.2 Å². The molecule has 2 N–H and O–H groups in total. The van der Waals surface area contributed by atoms with Gasteiger partial charge in [-0.2, -0.15) is 0 Å². The fraction of sp³-hybridized carbons (Fsp3) is 0.400. The number of nitrogens with one attached hydrogen (secondary N) is 1. The highest BCUT2D eigenvalue weighted by atomic mass is 16.5. The second-order valence-corrected chi connectivity index (χ2v) is 8.83. The third-order valence-electron chi connectivity index (χ3n) is 6.30. The summed E-state index contributed by atoms with van der Waals surface area (Å²) in [5.74, 6) is 1.73. The summed E-state index contributed by atoms with van der Waals surface area (Å²) in [6, 6.07) is 17.6. The topological polar surface area (TPSA) is 62.3 Å². The predicted octanol–water partition coefficient (Wildman–Crippen LogP) is 5.32. The van der Waals surface area contributed by atoms with Crippen molar-refractivity contribution in [1.82, 2.24) is 4.98 Å². The van der Waals surface area contributed by atoms with E-state index >= 15 is 0 Å². The Morgan fingerprint density at radius 2 is 2.00 bits per heavy atom. The predicted molar refractivity (Wildman–Crippen MR) is 116 cm³/mol. The Kier molecular flexibility index (Phi) is 5.22. The van der Waals surface area contributed by atoms with Crippen LogP contribution < -0.4 is 10.3 Å². The molecule has 1 saturated carbocycles. The smallest absolute Gasteiger partial charge is 0.248 e. The lowest BCUT2D eigenvalue weighted by atomic mass is 9.70. The molecule has 0 aliphatic heterocycles. The van der Waals surface area contributed by atoms with Gasteiger partial charge in [0.1, 0.15) is 11.9 Å². The summed E-state index contributed by atoms with van der Waals surface area (Å²) in [6.07, 6.45) is 2.58. The third kappa shape index (κ3) is 4.38. The molecule has 0 spiro atoms. The molecule has 1 aliphatic carbocycles. The van der Waals surface area contributed by atoms with E-state index in [0.29, 0.717) is 11.8 Å². The summed E-state index contributed by atoms with van der Waals surface area (Å²) >= 11 is 0. The maximum Gasteiger partial charge on any atom is 0.248 e. The lowest BCUT2D eigenvalue weighted by molar-refractivity contribution is 0.000211. The fourth-order valence-electron chi connectivity index (χ4n) is 4.48. The average molecular weight is 392 g/mol. The zero-order chi connectivity index (χ0) is 20.6. The first-order valence-corrected chi connectivity index (χ1v) is 10.4. The van der Waals surface area contributed by atoms with Crippen LogP contribution in [0.4, 0.5) is 0 Å². The lowest BCUT2D eigenvalue weighted by Crippen LogP contribution is -2.34. The molecule has 4 nitrogen and oxygen atoms in total. The van der Waals surface area contributed by atoms with E-state index in [-0.39, 0.29) is 11.7 Å². The van der Waals surface area contributed by atoms with E-state index in [1.54, 1.807) is 6.07 Å². The van der Waals surface area contributed by atoms with Gasteiger partial charge in [-0.15, -0.1) is 0 Å². The molecule has 2 aromatic carbocycles. The van der Waals surface area contributed by atoms with Crippen LogP contribution in [0.5, 0.6) is 5.75 Å². The number of H-pyrrole nitrogens is 1. The Hall–Kier alpha value is -2.59. The molecule has 4 unspecified atom stereocenters. The summed E-state index contributed by atoms with van der Waals surface area (Å²) in [6.45, 7) is 6.25. The molecule has 152 valence electrons. The zero-order valence-corrected chi connectivity index (χ0v) is 17.3. The van der Waals surface area contributed by atoms with Gasteiger partial charge in [-0.25, -0.2) is 0 Å². The molecule has 3 aromatic rings. The van der Waals surface area contributed by atoms with E-state index in [2.05, 4.69) is 30.1 Å². The number of aromatic nitrogens is 1. The van der Waals surface area contributed by atoms with Crippen LogP contribution in [0.2, 0.25) is 0 Å². The standard InChI is InChI=1S/C25H29NO3/c1-16-11-12-25(3,28)15-22(16)19-5-4-6-21(14-19)29-17(2)18-7-9-23-20(13-18)8-10-24(27)26-23/h4-10,13-14,16-17,22,28H,11-12,15H2,1-3H3,(H,26,27). The van der Waals surface area contributed by atoms with Crippen molar-refractivity contribution in [2.75, 3.05) is 0 Å². The Morgan fingerprint density at radius 1 is 1.17 bits per heavy atom. The van der Waals surface area contributed by atoms with Crippen LogP contribution in [0.3, 0.4) is 0 Å². The molecule has 1 aliphatic rings. The van der Waals surface area contributed by atoms with Crippen molar-refractivity contribution in [2.24, 2.45) is 5.92 Å². The number of aromatic amines is 1. The second-order valence-electron chi connectivity index (χ2n) is 8.83. The molecule has 0 bridgehead atoms. The zero-order valence-electron chi connectivity index (χ0n) is 17.3. The summed E-state index contributed by atoms with van der Waals surface area (Å²) in [7, 11) is 0. The quantitative estimate of drug-likeness (QED) is 0.632. The highest BCUT2D eigenvalue weighted by molar-refractivity contribution is 5.79. The van der Waals surface area contributed by atoms with Gasteiger partial charge in [0.15, 0.2) is 0 Å². The van der Waals surface area contributed by atoms with Gasteiger partial charge in [-0.3, -0.25) is 4.79 Å². The van der Waals surface area contributed by atoms with Crippen molar-refractivity contribution in [1.29, 1.82) is 0 Å². The number of aliphatic hydroxyl groups is 1. The largest absolute Gasteiger partial charge is 0.486 e. The van der Waals surface area contributed by atoms with Crippen molar-refractivity contribution < 1.29 is 9.84 Å². The minimum Gasteiger partial charge on any atom is -0.486 e. The average Bonchev–Trinajstić information content (AvgIpc) is 2.69. The molecule has 4 rings (SSSR count). The summed E-state index contributed by atoms with van der Waals surface area (Å²) < 4.78 is 6.26. The first-order chi connectivity index (χ1) is 13.8. The minimum atomic E-state index is -0.590. The molecule has 4 heteroatoms. The molecule has 0 saturated heterocycles. The van der Waals surface area contributed by atoms with Gasteiger partial charge in [0.25, 0.3) is 0 Å². The van der Waals surface area contributed by atoms with Crippen molar-refractivity contribution in [3.05, 3.63) is 76.1 Å². The van der Waals surface area contributed by atoms with E-state index in [9.17, 15) is 9.90 Å². The molecule has 0 amide bonds. The Labute approximate surface area is 171 Å². The van der Waals surface area contributed by atoms with Gasteiger partial charge < -0.3 is 14.8 Å². The first kappa shape index (κ1) is 19.7. The lowest BCUT2D eigenvalue weighted by Gasteiger charge is -2.38. The molecule has 1 heterocycles. The molecule has 1 fully saturated rings. The van der Waals surface area contributed by atoms with Crippen LogP contribution in [-0.4, -0.2) is 15.7 Å². The number of fused-ring (bicyclic) bond motifs is 1. The van der Waals surface area contributed by atoms with Gasteiger partial charge >= 0.3 is 0 Å². The van der Waals surface area contributed by atoms with E-state index in [1.807, 2.05) is 44.2 Å². The maximum atomic E-state index is 11.5. The van der Waals surface area contributed by atoms with Crippen LogP contribution in [-0.2, 0) is 0 Å². The van der Waals surface area contributed by atoms with Gasteiger partial charge in [-0.05, 0) is 91.8 Å². The molecule has 4 atom stereocenters. The van der Waals surface area contributed by atoms with Gasteiger partial charge in [0, 0.05) is 11.6 Å². The molecular weight excluding hydrogens is 362 g/mol. The van der Waals surface area contributed by atoms with Crippen LogP contribution in [0.25, 0.3) is 10.9 Å². The van der Waals surface area contributed by atoms with E-state index < -0.39 is 5.60 Å². The summed E-state index contributed by atoms with van der Waals surface area (Å²) in [5, 5.41) is 11.5. The summed E-state index contributed by atoms with van der Waals surface area (Å²) in [4.78, 5) is 14.3. The monoisotopic (exact) mass is 391 g/mol. The van der Waals surface area contributed by atoms with E-state index in [1.165, 1.54) is 5.56 Å². The SMILES string of the molecule is CC(Oc1cccc(C2CC(C)(O)CCC2C)c1)c1ccc2[nH]c(=O)ccc2c1. The third-order valence-corrected chi connectivity index (χ3v) is 6.30. The highest BCUT2D eigenvalue weighted by Crippen LogP contribution is 2.43. The minimum absolute atomic E-state index is 0.0951.